The minimum absolute atomic E-state index is 0.0437. The van der Waals surface area contributed by atoms with E-state index in [9.17, 15) is 27.6 Å². The highest BCUT2D eigenvalue weighted by atomic mass is 32.2. The largest absolute Gasteiger partial charge is 0.481 e. The van der Waals surface area contributed by atoms with Crippen molar-refractivity contribution in [3.63, 3.8) is 0 Å². The van der Waals surface area contributed by atoms with E-state index < -0.39 is 47.1 Å². The molecule has 1 aromatic carbocycles. The van der Waals surface area contributed by atoms with Crippen LogP contribution in [0.4, 0.5) is 13.2 Å². The summed E-state index contributed by atoms with van der Waals surface area (Å²) in [7, 11) is 0. The zero-order valence-corrected chi connectivity index (χ0v) is 13.4. The third-order valence-corrected chi connectivity index (χ3v) is 4.48. The Labute approximate surface area is 139 Å². The second-order valence-electron chi connectivity index (χ2n) is 5.05. The molecule has 0 aliphatic rings. The Morgan fingerprint density at radius 3 is 2.08 bits per heavy atom. The van der Waals surface area contributed by atoms with Crippen molar-refractivity contribution < 1.29 is 37.8 Å². The maximum atomic E-state index is 12.5. The van der Waals surface area contributed by atoms with Crippen LogP contribution in [0.15, 0.2) is 24.3 Å². The van der Waals surface area contributed by atoms with Gasteiger partial charge in [-0.05, 0) is 19.1 Å². The molecule has 0 bridgehead atoms. The van der Waals surface area contributed by atoms with Crippen LogP contribution in [0, 0.1) is 5.92 Å². The molecule has 1 rings (SSSR count). The molecule has 1 aromatic rings. The predicted octanol–water partition coefficient (Wildman–Crippen LogP) is 3.19. The number of carboxylic acids is 2. The van der Waals surface area contributed by atoms with Gasteiger partial charge in [-0.25, -0.2) is 0 Å². The topological polar surface area (TPSA) is 91.7 Å². The second kappa shape index (κ2) is 8.18. The first kappa shape index (κ1) is 20.0. The Kier molecular flexibility index (Phi) is 6.82. The molecule has 0 heterocycles. The summed E-state index contributed by atoms with van der Waals surface area (Å²) in [4.78, 5) is 34.0. The van der Waals surface area contributed by atoms with Crippen molar-refractivity contribution in [1.29, 1.82) is 0 Å². The lowest BCUT2D eigenvalue weighted by Crippen LogP contribution is -2.23. The number of ketones is 1. The van der Waals surface area contributed by atoms with Crippen molar-refractivity contribution >= 4 is 29.5 Å². The zero-order chi connectivity index (χ0) is 18.5. The molecule has 0 spiro atoms. The molecule has 132 valence electrons. The average molecular weight is 364 g/mol. The standard InChI is InChI=1S/C15H15F3O5S/c1-8(14(22)23)24-7-10(6-12(19)20)13(21)9-2-4-11(5-3-9)15(16,17)18/h2-5,8,10H,6-7H2,1H3,(H,19,20)(H,22,23). The summed E-state index contributed by atoms with van der Waals surface area (Å²) in [5.41, 5.74) is -0.958. The molecule has 0 fully saturated rings. The van der Waals surface area contributed by atoms with Crippen LogP contribution in [0.3, 0.4) is 0 Å². The molecule has 0 aliphatic carbocycles. The molecule has 0 saturated carbocycles. The van der Waals surface area contributed by atoms with E-state index in [1.807, 2.05) is 0 Å². The Morgan fingerprint density at radius 1 is 1.12 bits per heavy atom. The minimum Gasteiger partial charge on any atom is -0.481 e. The van der Waals surface area contributed by atoms with Crippen LogP contribution in [0.1, 0.15) is 29.3 Å². The van der Waals surface area contributed by atoms with Gasteiger partial charge >= 0.3 is 18.1 Å². The van der Waals surface area contributed by atoms with Crippen LogP contribution in [0.2, 0.25) is 0 Å². The summed E-state index contributed by atoms with van der Waals surface area (Å²) >= 11 is 0.901. The van der Waals surface area contributed by atoms with Gasteiger partial charge in [0.2, 0.25) is 0 Å². The first-order valence-corrected chi connectivity index (χ1v) is 7.85. The van der Waals surface area contributed by atoms with E-state index in [1.54, 1.807) is 0 Å². The molecule has 2 N–H and O–H groups in total. The van der Waals surface area contributed by atoms with Gasteiger partial charge < -0.3 is 10.2 Å². The third kappa shape index (κ3) is 5.88. The molecule has 0 aliphatic heterocycles. The molecule has 24 heavy (non-hydrogen) atoms. The van der Waals surface area contributed by atoms with Crippen molar-refractivity contribution in [1.82, 2.24) is 0 Å². The Morgan fingerprint density at radius 2 is 1.67 bits per heavy atom. The molecular formula is C15H15F3O5S. The van der Waals surface area contributed by atoms with E-state index in [-0.39, 0.29) is 11.3 Å². The predicted molar refractivity (Wildman–Crippen MR) is 81.1 cm³/mol. The number of carboxylic acid groups (broad SMARTS) is 2. The first-order chi connectivity index (χ1) is 11.0. The van der Waals surface area contributed by atoms with Gasteiger partial charge in [0.25, 0.3) is 0 Å². The summed E-state index contributed by atoms with van der Waals surface area (Å²) in [5.74, 6) is -4.05. The van der Waals surface area contributed by atoms with Gasteiger partial charge in [0.15, 0.2) is 5.78 Å². The maximum absolute atomic E-state index is 12.5. The maximum Gasteiger partial charge on any atom is 0.416 e. The third-order valence-electron chi connectivity index (χ3n) is 3.18. The lowest BCUT2D eigenvalue weighted by atomic mass is 9.95. The number of carbonyl (C=O) groups is 3. The number of benzene rings is 1. The first-order valence-electron chi connectivity index (χ1n) is 6.80. The quantitative estimate of drug-likeness (QED) is 0.689. The van der Waals surface area contributed by atoms with Crippen LogP contribution in [-0.4, -0.2) is 38.9 Å². The second-order valence-corrected chi connectivity index (χ2v) is 6.42. The van der Waals surface area contributed by atoms with Crippen LogP contribution < -0.4 is 0 Å². The fourth-order valence-corrected chi connectivity index (χ4v) is 2.76. The molecule has 0 radical (unpaired) electrons. The number of thioether (sulfide) groups is 1. The number of hydrogen-bond donors (Lipinski definition) is 2. The molecule has 2 atom stereocenters. The van der Waals surface area contributed by atoms with E-state index in [4.69, 9.17) is 10.2 Å². The molecular weight excluding hydrogens is 349 g/mol. The van der Waals surface area contributed by atoms with Gasteiger partial charge in [0.05, 0.1) is 17.2 Å². The highest BCUT2D eigenvalue weighted by Gasteiger charge is 2.31. The van der Waals surface area contributed by atoms with E-state index in [2.05, 4.69) is 0 Å². The molecule has 0 amide bonds. The Hall–Kier alpha value is -2.03. The van der Waals surface area contributed by atoms with Crippen molar-refractivity contribution in [3.05, 3.63) is 35.4 Å². The van der Waals surface area contributed by atoms with E-state index in [0.717, 1.165) is 36.0 Å². The SMILES string of the molecule is CC(SCC(CC(=O)O)C(=O)c1ccc(C(F)(F)F)cc1)C(=O)O. The van der Waals surface area contributed by atoms with Gasteiger partial charge in [-0.1, -0.05) is 12.1 Å². The summed E-state index contributed by atoms with van der Waals surface area (Å²) in [6.45, 7) is 1.40. The monoisotopic (exact) mass is 364 g/mol. The molecule has 2 unspecified atom stereocenters. The fourth-order valence-electron chi connectivity index (χ4n) is 1.83. The number of hydrogen-bond acceptors (Lipinski definition) is 4. The van der Waals surface area contributed by atoms with Crippen molar-refractivity contribution in [2.75, 3.05) is 5.75 Å². The van der Waals surface area contributed by atoms with E-state index in [1.165, 1.54) is 6.92 Å². The number of Topliss-reactive ketones (excluding diaryl/α,β-unsaturated/α-hetero) is 1. The van der Waals surface area contributed by atoms with Crippen molar-refractivity contribution in [3.8, 4) is 0 Å². The highest BCUT2D eigenvalue weighted by Crippen LogP contribution is 2.30. The summed E-state index contributed by atoms with van der Waals surface area (Å²) in [6, 6.07) is 3.48. The summed E-state index contributed by atoms with van der Waals surface area (Å²) in [6.07, 6.45) is -5.06. The number of alkyl halides is 3. The lowest BCUT2D eigenvalue weighted by Gasteiger charge is -2.15. The number of halogens is 3. The minimum atomic E-state index is -4.53. The smallest absolute Gasteiger partial charge is 0.416 e. The zero-order valence-electron chi connectivity index (χ0n) is 12.5. The fraction of sp³-hybridized carbons (Fsp3) is 0.400. The van der Waals surface area contributed by atoms with Gasteiger partial charge in [-0.2, -0.15) is 13.2 Å². The van der Waals surface area contributed by atoms with Gasteiger partial charge in [-0.15, -0.1) is 11.8 Å². The Balaban J connectivity index is 2.91. The Bertz CT molecular complexity index is 613. The van der Waals surface area contributed by atoms with Crippen LogP contribution >= 0.6 is 11.8 Å². The van der Waals surface area contributed by atoms with Crippen LogP contribution in [0.25, 0.3) is 0 Å². The van der Waals surface area contributed by atoms with E-state index in [0.29, 0.717) is 0 Å². The average Bonchev–Trinajstić information content (AvgIpc) is 2.49. The molecule has 0 saturated heterocycles. The number of aliphatic carboxylic acids is 2. The normalized spacial score (nSPS) is 14.0. The van der Waals surface area contributed by atoms with Gasteiger partial charge in [0.1, 0.15) is 0 Å². The van der Waals surface area contributed by atoms with Crippen LogP contribution in [-0.2, 0) is 15.8 Å². The van der Waals surface area contributed by atoms with Crippen LogP contribution in [0.5, 0.6) is 0 Å². The van der Waals surface area contributed by atoms with Crippen molar-refractivity contribution in [2.45, 2.75) is 24.8 Å². The van der Waals surface area contributed by atoms with Gasteiger partial charge in [-0.3, -0.25) is 14.4 Å². The summed E-state index contributed by atoms with van der Waals surface area (Å²) in [5, 5.41) is 16.9. The number of rotatable bonds is 8. The molecule has 0 aromatic heterocycles. The molecule has 9 heteroatoms. The van der Waals surface area contributed by atoms with Crippen molar-refractivity contribution in [2.24, 2.45) is 5.92 Å². The van der Waals surface area contributed by atoms with E-state index >= 15 is 0 Å². The molecule has 5 nitrogen and oxygen atoms in total. The lowest BCUT2D eigenvalue weighted by molar-refractivity contribution is -0.138. The number of carbonyl (C=O) groups excluding carboxylic acids is 1. The summed E-state index contributed by atoms with van der Waals surface area (Å²) < 4.78 is 37.5. The van der Waals surface area contributed by atoms with Gasteiger partial charge in [0, 0.05) is 17.2 Å². The highest BCUT2D eigenvalue weighted by molar-refractivity contribution is 8.00.